The molecule has 0 bridgehead atoms. The fraction of sp³-hybridized carbons (Fsp3) is 0.133. The number of hydrogen-bond acceptors (Lipinski definition) is 5. The Kier molecular flexibility index (Phi) is 4.96. The summed E-state index contributed by atoms with van der Waals surface area (Å²) in [6, 6.07) is 12.3. The molecule has 0 aliphatic heterocycles. The molecule has 0 aromatic heterocycles. The van der Waals surface area contributed by atoms with E-state index < -0.39 is 16.3 Å². The molecule has 0 saturated heterocycles. The Morgan fingerprint density at radius 2 is 1.33 bits per heavy atom. The molecule has 4 N–H and O–H groups in total. The van der Waals surface area contributed by atoms with Crippen molar-refractivity contribution in [3.8, 4) is 5.75 Å². The van der Waals surface area contributed by atoms with E-state index in [2.05, 4.69) is 4.18 Å². The maximum absolute atomic E-state index is 11.8. The zero-order valence-corrected chi connectivity index (χ0v) is 14.0. The fourth-order valence-corrected chi connectivity index (χ4v) is 2.47. The number of carbonyl (C=O) groups excluding carboxylic acids is 1. The van der Waals surface area contributed by atoms with Gasteiger partial charge in [0.25, 0.3) is 0 Å². The Balaban J connectivity index is 2.32. The number of anilines is 3. The van der Waals surface area contributed by atoms with Gasteiger partial charge in [-0.15, -0.1) is 0 Å². The van der Waals surface area contributed by atoms with Gasteiger partial charge in [-0.05, 0) is 48.5 Å². The molecule has 2 amide bonds. The molecule has 24 heavy (non-hydrogen) atoms. The Bertz CT molecular complexity index is 818. The second-order valence-corrected chi connectivity index (χ2v) is 6.31. The predicted octanol–water partition coefficient (Wildman–Crippen LogP) is 1.55. The number of rotatable bonds is 5. The lowest BCUT2D eigenvalue weighted by Gasteiger charge is -2.22. The standard InChI is InChI=1S/C15H18N4O4S/c1-18(2)11-3-5-12(6-4-11)19(15(16)20)13-7-9-14(10-8-13)23-24(17,21)22/h3-10H,1-2H3,(H2,16,20)(H2,17,21,22). The van der Waals surface area contributed by atoms with E-state index >= 15 is 0 Å². The molecule has 2 aromatic rings. The molecule has 9 heteroatoms. The highest BCUT2D eigenvalue weighted by atomic mass is 32.2. The van der Waals surface area contributed by atoms with Gasteiger partial charge in [-0.3, -0.25) is 4.90 Å². The van der Waals surface area contributed by atoms with Crippen LogP contribution < -0.4 is 24.9 Å². The summed E-state index contributed by atoms with van der Waals surface area (Å²) in [5.74, 6) is 0.0358. The van der Waals surface area contributed by atoms with Crippen molar-refractivity contribution in [2.75, 3.05) is 23.9 Å². The molecule has 0 atom stereocenters. The number of benzene rings is 2. The molecular weight excluding hydrogens is 332 g/mol. The van der Waals surface area contributed by atoms with Crippen LogP contribution in [0.2, 0.25) is 0 Å². The summed E-state index contributed by atoms with van der Waals surface area (Å²) < 4.78 is 26.4. The number of primary amides is 1. The number of urea groups is 1. The molecule has 0 fully saturated rings. The molecule has 0 aliphatic rings. The second-order valence-electron chi connectivity index (χ2n) is 5.15. The molecule has 0 spiro atoms. The van der Waals surface area contributed by atoms with Crippen molar-refractivity contribution in [2.24, 2.45) is 10.9 Å². The van der Waals surface area contributed by atoms with Crippen LogP contribution in [0.4, 0.5) is 21.9 Å². The van der Waals surface area contributed by atoms with E-state index in [0.29, 0.717) is 11.4 Å². The van der Waals surface area contributed by atoms with E-state index in [1.165, 1.54) is 29.2 Å². The summed E-state index contributed by atoms with van der Waals surface area (Å²) in [4.78, 5) is 15.0. The summed E-state index contributed by atoms with van der Waals surface area (Å²) >= 11 is 0. The van der Waals surface area contributed by atoms with E-state index in [9.17, 15) is 13.2 Å². The van der Waals surface area contributed by atoms with Crippen LogP contribution in [0.5, 0.6) is 5.75 Å². The Hall–Kier alpha value is -2.78. The first-order valence-corrected chi connectivity index (χ1v) is 8.34. The van der Waals surface area contributed by atoms with Gasteiger partial charge < -0.3 is 14.8 Å². The van der Waals surface area contributed by atoms with Crippen molar-refractivity contribution in [3.63, 3.8) is 0 Å². The van der Waals surface area contributed by atoms with Crippen molar-refractivity contribution >= 4 is 33.4 Å². The third-order valence-electron chi connectivity index (χ3n) is 3.15. The molecule has 2 rings (SSSR count). The number of carbonyl (C=O) groups is 1. The zero-order valence-electron chi connectivity index (χ0n) is 13.2. The van der Waals surface area contributed by atoms with Crippen LogP contribution in [0, 0.1) is 0 Å². The van der Waals surface area contributed by atoms with Gasteiger partial charge in [0.1, 0.15) is 5.75 Å². The van der Waals surface area contributed by atoms with Crippen LogP contribution in [0.15, 0.2) is 48.5 Å². The average molecular weight is 350 g/mol. The molecule has 0 aliphatic carbocycles. The topological polar surface area (TPSA) is 119 Å². The smallest absolute Gasteiger partial charge is 0.378 e. The van der Waals surface area contributed by atoms with E-state index in [1.807, 2.05) is 31.1 Å². The zero-order chi connectivity index (χ0) is 17.9. The Morgan fingerprint density at radius 1 is 0.917 bits per heavy atom. The maximum Gasteiger partial charge on any atom is 0.380 e. The SMILES string of the molecule is CN(C)c1ccc(N(C(N)=O)c2ccc(OS(N)(=O)=O)cc2)cc1. The van der Waals surface area contributed by atoms with E-state index in [0.717, 1.165) is 5.69 Å². The number of amides is 2. The number of nitrogens with zero attached hydrogens (tertiary/aromatic N) is 2. The summed E-state index contributed by atoms with van der Waals surface area (Å²) in [7, 11) is -0.286. The predicted molar refractivity (Wildman–Crippen MR) is 92.7 cm³/mol. The maximum atomic E-state index is 11.8. The second kappa shape index (κ2) is 6.77. The van der Waals surface area contributed by atoms with E-state index in [4.69, 9.17) is 10.9 Å². The van der Waals surface area contributed by atoms with Crippen LogP contribution >= 0.6 is 0 Å². The molecule has 0 unspecified atom stereocenters. The van der Waals surface area contributed by atoms with Gasteiger partial charge in [0, 0.05) is 19.8 Å². The highest BCUT2D eigenvalue weighted by molar-refractivity contribution is 7.84. The van der Waals surface area contributed by atoms with Crippen molar-refractivity contribution in [2.45, 2.75) is 0 Å². The summed E-state index contributed by atoms with van der Waals surface area (Å²) in [5, 5.41) is 4.80. The molecule has 0 saturated carbocycles. The van der Waals surface area contributed by atoms with Crippen molar-refractivity contribution in [1.82, 2.24) is 0 Å². The Labute approximate surface area is 140 Å². The minimum atomic E-state index is -4.10. The fourth-order valence-electron chi connectivity index (χ4n) is 2.09. The van der Waals surface area contributed by atoms with Gasteiger partial charge in [-0.1, -0.05) is 0 Å². The number of nitrogens with two attached hydrogens (primary N) is 2. The van der Waals surface area contributed by atoms with Crippen LogP contribution in [0.1, 0.15) is 0 Å². The van der Waals surface area contributed by atoms with Gasteiger partial charge in [0.15, 0.2) is 0 Å². The molecule has 128 valence electrons. The quantitative estimate of drug-likeness (QED) is 0.848. The summed E-state index contributed by atoms with van der Waals surface area (Å²) in [6.45, 7) is 0. The lowest BCUT2D eigenvalue weighted by atomic mass is 10.2. The van der Waals surface area contributed by atoms with Crippen molar-refractivity contribution in [3.05, 3.63) is 48.5 Å². The van der Waals surface area contributed by atoms with Gasteiger partial charge >= 0.3 is 16.3 Å². The van der Waals surface area contributed by atoms with Crippen molar-refractivity contribution in [1.29, 1.82) is 0 Å². The third-order valence-corrected chi connectivity index (χ3v) is 3.58. The largest absolute Gasteiger partial charge is 0.380 e. The molecule has 8 nitrogen and oxygen atoms in total. The van der Waals surface area contributed by atoms with Crippen LogP contribution in [-0.2, 0) is 10.3 Å². The van der Waals surface area contributed by atoms with Crippen LogP contribution in [0.3, 0.4) is 0 Å². The minimum absolute atomic E-state index is 0.0358. The van der Waals surface area contributed by atoms with Gasteiger partial charge in [-0.25, -0.2) is 4.79 Å². The average Bonchev–Trinajstić information content (AvgIpc) is 2.48. The van der Waals surface area contributed by atoms with Gasteiger partial charge in [0.05, 0.1) is 11.4 Å². The van der Waals surface area contributed by atoms with Crippen LogP contribution in [-0.4, -0.2) is 28.5 Å². The molecule has 0 radical (unpaired) electrons. The minimum Gasteiger partial charge on any atom is -0.378 e. The first-order chi connectivity index (χ1) is 11.2. The molecule has 2 aromatic carbocycles. The molecule has 0 heterocycles. The van der Waals surface area contributed by atoms with Gasteiger partial charge in [-0.2, -0.15) is 13.6 Å². The highest BCUT2D eigenvalue weighted by Gasteiger charge is 2.16. The van der Waals surface area contributed by atoms with Gasteiger partial charge in [0.2, 0.25) is 0 Å². The first kappa shape index (κ1) is 17.6. The third kappa shape index (κ3) is 4.37. The lowest BCUT2D eigenvalue weighted by molar-refractivity contribution is 0.256. The van der Waals surface area contributed by atoms with Crippen molar-refractivity contribution < 1.29 is 17.4 Å². The summed E-state index contributed by atoms with van der Waals surface area (Å²) in [6.07, 6.45) is 0. The van der Waals surface area contributed by atoms with E-state index in [-0.39, 0.29) is 5.75 Å². The Morgan fingerprint density at radius 3 is 1.71 bits per heavy atom. The van der Waals surface area contributed by atoms with Crippen LogP contribution in [0.25, 0.3) is 0 Å². The first-order valence-electron chi connectivity index (χ1n) is 6.86. The highest BCUT2D eigenvalue weighted by Crippen LogP contribution is 2.28. The number of hydrogen-bond donors (Lipinski definition) is 2. The van der Waals surface area contributed by atoms with E-state index in [1.54, 1.807) is 12.1 Å². The molecular formula is C15H18N4O4S. The lowest BCUT2D eigenvalue weighted by Crippen LogP contribution is -2.31. The normalized spacial score (nSPS) is 11.0. The summed E-state index contributed by atoms with van der Waals surface area (Å²) in [5.41, 5.74) is 7.48. The monoisotopic (exact) mass is 350 g/mol.